The highest BCUT2D eigenvalue weighted by atomic mass is 14.0. The van der Waals surface area contributed by atoms with Crippen LogP contribution in [-0.4, -0.2) is 0 Å². The Bertz CT molecular complexity index is 72.1. The molecule has 0 aromatic rings. The number of hydrogen-bond acceptors (Lipinski definition) is 0. The third-order valence-electron chi connectivity index (χ3n) is 1.49. The van der Waals surface area contributed by atoms with Gasteiger partial charge in [-0.3, -0.25) is 0 Å². The van der Waals surface area contributed by atoms with E-state index < -0.39 is 0 Å². The van der Waals surface area contributed by atoms with Crippen molar-refractivity contribution in [3.05, 3.63) is 18.6 Å². The summed E-state index contributed by atoms with van der Waals surface area (Å²) in [5.74, 6) is 0.708. The van der Waals surface area contributed by atoms with Crippen LogP contribution in [0.5, 0.6) is 0 Å². The van der Waals surface area contributed by atoms with Crippen molar-refractivity contribution in [1.29, 1.82) is 0 Å². The molecule has 1 atom stereocenters. The average molecular weight is 125 g/mol. The molecule has 0 rings (SSSR count). The van der Waals surface area contributed by atoms with E-state index >= 15 is 0 Å². The van der Waals surface area contributed by atoms with Crippen molar-refractivity contribution in [2.24, 2.45) is 5.92 Å². The molecule has 0 bridgehead atoms. The van der Waals surface area contributed by atoms with Gasteiger partial charge in [-0.1, -0.05) is 32.4 Å². The van der Waals surface area contributed by atoms with Crippen molar-refractivity contribution in [2.45, 2.75) is 33.6 Å². The largest absolute Gasteiger partial charge is 0.0914 e. The molecule has 0 fully saturated rings. The van der Waals surface area contributed by atoms with Gasteiger partial charge in [0.2, 0.25) is 0 Å². The van der Waals surface area contributed by atoms with Gasteiger partial charge in [-0.15, -0.1) is 0 Å². The van der Waals surface area contributed by atoms with E-state index in [1.165, 1.54) is 12.8 Å². The molecule has 0 spiro atoms. The van der Waals surface area contributed by atoms with Crippen molar-refractivity contribution in [3.63, 3.8) is 0 Å². The van der Waals surface area contributed by atoms with Gasteiger partial charge in [0.25, 0.3) is 0 Å². The molecule has 0 saturated heterocycles. The Labute approximate surface area is 59.0 Å². The zero-order valence-corrected chi connectivity index (χ0v) is 6.72. The van der Waals surface area contributed by atoms with Crippen LogP contribution in [0.15, 0.2) is 12.2 Å². The summed E-state index contributed by atoms with van der Waals surface area (Å²) in [5.41, 5.74) is 0. The number of rotatable bonds is 4. The molecule has 0 nitrogen and oxygen atoms in total. The van der Waals surface area contributed by atoms with E-state index in [4.69, 9.17) is 0 Å². The zero-order chi connectivity index (χ0) is 7.11. The molecule has 0 heterocycles. The Morgan fingerprint density at radius 1 is 1.33 bits per heavy atom. The number of hydrogen-bond donors (Lipinski definition) is 0. The summed E-state index contributed by atoms with van der Waals surface area (Å²) in [7, 11) is 0. The van der Waals surface area contributed by atoms with Crippen LogP contribution in [0.3, 0.4) is 0 Å². The molecule has 0 aliphatic rings. The van der Waals surface area contributed by atoms with Gasteiger partial charge in [0.05, 0.1) is 0 Å². The summed E-state index contributed by atoms with van der Waals surface area (Å²) >= 11 is 0. The Balaban J connectivity index is 3.41. The van der Waals surface area contributed by atoms with E-state index in [0.29, 0.717) is 5.92 Å². The summed E-state index contributed by atoms with van der Waals surface area (Å²) in [5, 5.41) is 0. The van der Waals surface area contributed by atoms with Crippen molar-refractivity contribution >= 4 is 0 Å². The van der Waals surface area contributed by atoms with Crippen molar-refractivity contribution in [3.8, 4) is 0 Å². The fourth-order valence-electron chi connectivity index (χ4n) is 0.955. The van der Waals surface area contributed by atoms with Gasteiger partial charge < -0.3 is 0 Å². The van der Waals surface area contributed by atoms with Gasteiger partial charge in [-0.05, 0) is 25.7 Å². The topological polar surface area (TPSA) is 0 Å². The summed E-state index contributed by atoms with van der Waals surface area (Å²) < 4.78 is 0. The minimum absolute atomic E-state index is 0.708. The molecule has 0 aromatic heterocycles. The molecule has 0 N–H and O–H groups in total. The maximum Gasteiger partial charge on any atom is -0.0205 e. The predicted molar refractivity (Wildman–Crippen MR) is 43.2 cm³/mol. The highest BCUT2D eigenvalue weighted by Crippen LogP contribution is 2.10. The van der Waals surface area contributed by atoms with Crippen LogP contribution in [0.4, 0.5) is 0 Å². The predicted octanol–water partition coefficient (Wildman–Crippen LogP) is 3.20. The molecule has 9 heavy (non-hydrogen) atoms. The van der Waals surface area contributed by atoms with Crippen LogP contribution in [0.2, 0.25) is 0 Å². The van der Waals surface area contributed by atoms with E-state index in [2.05, 4.69) is 39.3 Å². The molecular weight excluding hydrogens is 108 g/mol. The smallest absolute Gasteiger partial charge is 0.0205 e. The van der Waals surface area contributed by atoms with Crippen LogP contribution >= 0.6 is 0 Å². The molecule has 0 heteroatoms. The van der Waals surface area contributed by atoms with Crippen LogP contribution in [0, 0.1) is 12.3 Å². The van der Waals surface area contributed by atoms with E-state index in [-0.39, 0.29) is 0 Å². The third-order valence-corrected chi connectivity index (χ3v) is 1.49. The normalized spacial score (nSPS) is 14.6. The molecule has 0 saturated carbocycles. The SMILES string of the molecule is C[CH]C(/C=C/C)CCC. The van der Waals surface area contributed by atoms with Crippen molar-refractivity contribution in [2.75, 3.05) is 0 Å². The van der Waals surface area contributed by atoms with E-state index in [9.17, 15) is 0 Å². The van der Waals surface area contributed by atoms with Crippen LogP contribution in [0.1, 0.15) is 33.6 Å². The quantitative estimate of drug-likeness (QED) is 0.506. The fraction of sp³-hybridized carbons (Fsp3) is 0.667. The van der Waals surface area contributed by atoms with Gasteiger partial charge in [-0.2, -0.15) is 0 Å². The standard InChI is InChI=1S/C9H17/c1-4-7-9(6-3)8-5-2/h4,6-7,9H,5,8H2,1-3H3/b7-4+. The van der Waals surface area contributed by atoms with Gasteiger partial charge in [-0.25, -0.2) is 0 Å². The maximum absolute atomic E-state index is 2.25. The Kier molecular flexibility index (Phi) is 5.70. The first-order valence-corrected chi connectivity index (χ1v) is 3.77. The molecule has 1 unspecified atom stereocenters. The summed E-state index contributed by atoms with van der Waals surface area (Å²) in [6, 6.07) is 0. The van der Waals surface area contributed by atoms with Gasteiger partial charge >= 0.3 is 0 Å². The lowest BCUT2D eigenvalue weighted by molar-refractivity contribution is 0.652. The summed E-state index contributed by atoms with van der Waals surface area (Å²) in [6.07, 6.45) is 9.20. The molecule has 0 aliphatic heterocycles. The van der Waals surface area contributed by atoms with Crippen molar-refractivity contribution in [1.82, 2.24) is 0 Å². The van der Waals surface area contributed by atoms with Crippen LogP contribution in [0.25, 0.3) is 0 Å². The molecule has 53 valence electrons. The van der Waals surface area contributed by atoms with Gasteiger partial charge in [0.1, 0.15) is 0 Å². The Morgan fingerprint density at radius 2 is 2.00 bits per heavy atom. The first-order valence-electron chi connectivity index (χ1n) is 3.77. The summed E-state index contributed by atoms with van der Waals surface area (Å²) in [4.78, 5) is 0. The van der Waals surface area contributed by atoms with E-state index in [1.807, 2.05) is 0 Å². The van der Waals surface area contributed by atoms with Crippen LogP contribution in [-0.2, 0) is 0 Å². The second-order valence-corrected chi connectivity index (χ2v) is 2.31. The first kappa shape index (κ1) is 8.74. The minimum Gasteiger partial charge on any atom is -0.0914 e. The first-order chi connectivity index (χ1) is 4.35. The second-order valence-electron chi connectivity index (χ2n) is 2.31. The van der Waals surface area contributed by atoms with Crippen LogP contribution < -0.4 is 0 Å². The summed E-state index contributed by atoms with van der Waals surface area (Å²) in [6.45, 7) is 6.42. The molecule has 0 aliphatic carbocycles. The second kappa shape index (κ2) is 5.87. The fourth-order valence-corrected chi connectivity index (χ4v) is 0.955. The zero-order valence-electron chi connectivity index (χ0n) is 6.72. The van der Waals surface area contributed by atoms with Crippen molar-refractivity contribution < 1.29 is 0 Å². The minimum atomic E-state index is 0.708. The Hall–Kier alpha value is -0.260. The lowest BCUT2D eigenvalue weighted by Crippen LogP contribution is -1.92. The molecule has 1 radical (unpaired) electrons. The van der Waals surface area contributed by atoms with E-state index in [0.717, 1.165) is 0 Å². The molecule has 0 aromatic carbocycles. The Morgan fingerprint density at radius 3 is 2.33 bits per heavy atom. The average Bonchev–Trinajstić information content (AvgIpc) is 1.88. The highest BCUT2D eigenvalue weighted by molar-refractivity contribution is 4.91. The number of allylic oxidation sites excluding steroid dienone is 2. The van der Waals surface area contributed by atoms with E-state index in [1.54, 1.807) is 0 Å². The third kappa shape index (κ3) is 4.26. The lowest BCUT2D eigenvalue weighted by atomic mass is 10.0. The molecule has 0 amide bonds. The monoisotopic (exact) mass is 125 g/mol. The van der Waals surface area contributed by atoms with Gasteiger partial charge in [0, 0.05) is 0 Å². The maximum atomic E-state index is 2.25. The van der Waals surface area contributed by atoms with Gasteiger partial charge in [0.15, 0.2) is 0 Å². The molecular formula is C9H17. The lowest BCUT2D eigenvalue weighted by Gasteiger charge is -2.05. The highest BCUT2D eigenvalue weighted by Gasteiger charge is 1.97.